The van der Waals surface area contributed by atoms with Gasteiger partial charge in [0.2, 0.25) is 0 Å². The third-order valence-corrected chi connectivity index (χ3v) is 1.49. The lowest BCUT2D eigenvalue weighted by Crippen LogP contribution is -2.22. The SMILES string of the molecule is OB(O)n1cnc2cncnc21. The van der Waals surface area contributed by atoms with Gasteiger partial charge in [-0.2, -0.15) is 0 Å². The number of aromatic nitrogens is 4. The monoisotopic (exact) mass is 164 g/mol. The van der Waals surface area contributed by atoms with Crippen molar-refractivity contribution in [3.8, 4) is 0 Å². The molecule has 2 aromatic heterocycles. The lowest BCUT2D eigenvalue weighted by Gasteiger charge is -1.97. The molecule has 0 aliphatic carbocycles. The van der Waals surface area contributed by atoms with Gasteiger partial charge in [-0.25, -0.2) is 15.0 Å². The van der Waals surface area contributed by atoms with Crippen molar-refractivity contribution in [1.82, 2.24) is 19.4 Å². The normalized spacial score (nSPS) is 10.5. The Balaban J connectivity index is 2.70. The molecule has 7 heteroatoms. The Kier molecular flexibility index (Phi) is 1.52. The highest BCUT2D eigenvalue weighted by molar-refractivity contribution is 6.40. The molecule has 0 saturated carbocycles. The van der Waals surface area contributed by atoms with Crippen LogP contribution in [-0.4, -0.2) is 36.7 Å². The summed E-state index contributed by atoms with van der Waals surface area (Å²) in [5.74, 6) is 0. The number of hydrogen-bond donors (Lipinski definition) is 2. The summed E-state index contributed by atoms with van der Waals surface area (Å²) in [6.45, 7) is 0. The van der Waals surface area contributed by atoms with Gasteiger partial charge in [-0.15, -0.1) is 0 Å². The van der Waals surface area contributed by atoms with E-state index >= 15 is 0 Å². The van der Waals surface area contributed by atoms with E-state index in [4.69, 9.17) is 10.0 Å². The lowest BCUT2D eigenvalue weighted by atomic mass is 10.1. The van der Waals surface area contributed by atoms with Crippen molar-refractivity contribution < 1.29 is 10.0 Å². The second-order valence-corrected chi connectivity index (χ2v) is 2.23. The fourth-order valence-corrected chi connectivity index (χ4v) is 0.954. The summed E-state index contributed by atoms with van der Waals surface area (Å²) in [5, 5.41) is 17.7. The summed E-state index contributed by atoms with van der Waals surface area (Å²) >= 11 is 0. The molecule has 0 aromatic carbocycles. The number of rotatable bonds is 1. The largest absolute Gasteiger partial charge is 0.594 e. The number of nitrogens with zero attached hydrogens (tertiary/aromatic N) is 4. The summed E-state index contributed by atoms with van der Waals surface area (Å²) in [6.07, 6.45) is 4.12. The van der Waals surface area contributed by atoms with Crippen molar-refractivity contribution in [2.24, 2.45) is 0 Å². The Morgan fingerprint density at radius 2 is 2.17 bits per heavy atom. The minimum atomic E-state index is -1.61. The Bertz CT molecular complexity index is 401. The van der Waals surface area contributed by atoms with E-state index in [0.717, 1.165) is 4.48 Å². The summed E-state index contributed by atoms with van der Waals surface area (Å²) in [5.41, 5.74) is 0.936. The second-order valence-electron chi connectivity index (χ2n) is 2.23. The van der Waals surface area contributed by atoms with Crippen molar-refractivity contribution in [1.29, 1.82) is 0 Å². The van der Waals surface area contributed by atoms with Gasteiger partial charge in [0.1, 0.15) is 11.8 Å². The zero-order chi connectivity index (χ0) is 8.55. The molecule has 0 aliphatic heterocycles. The van der Waals surface area contributed by atoms with Gasteiger partial charge in [0.15, 0.2) is 5.65 Å². The van der Waals surface area contributed by atoms with Crippen LogP contribution in [0.3, 0.4) is 0 Å². The van der Waals surface area contributed by atoms with E-state index in [1.54, 1.807) is 0 Å². The summed E-state index contributed by atoms with van der Waals surface area (Å²) in [4.78, 5) is 11.4. The average molecular weight is 164 g/mol. The first-order valence-electron chi connectivity index (χ1n) is 3.28. The minimum Gasteiger partial charge on any atom is -0.407 e. The molecule has 0 radical (unpaired) electrons. The molecular formula is C5H5BN4O2. The molecule has 0 fully saturated rings. The van der Waals surface area contributed by atoms with Gasteiger partial charge >= 0.3 is 7.25 Å². The van der Waals surface area contributed by atoms with E-state index in [1.807, 2.05) is 0 Å². The highest BCUT2D eigenvalue weighted by Gasteiger charge is 2.14. The van der Waals surface area contributed by atoms with Crippen LogP contribution in [0, 0.1) is 0 Å². The third-order valence-electron chi connectivity index (χ3n) is 1.49. The van der Waals surface area contributed by atoms with Crippen LogP contribution in [0.1, 0.15) is 0 Å². The fourth-order valence-electron chi connectivity index (χ4n) is 0.954. The lowest BCUT2D eigenvalue weighted by molar-refractivity contribution is 0.393. The van der Waals surface area contributed by atoms with Crippen LogP contribution in [-0.2, 0) is 0 Å². The van der Waals surface area contributed by atoms with Crippen LogP contribution in [0.15, 0.2) is 18.9 Å². The summed E-state index contributed by atoms with van der Waals surface area (Å²) in [6, 6.07) is 0. The number of fused-ring (bicyclic) bond motifs is 1. The quantitative estimate of drug-likeness (QED) is 0.508. The maximum Gasteiger partial charge on any atom is 0.594 e. The van der Waals surface area contributed by atoms with Crippen LogP contribution >= 0.6 is 0 Å². The molecule has 6 nitrogen and oxygen atoms in total. The molecule has 2 N–H and O–H groups in total. The van der Waals surface area contributed by atoms with Crippen molar-refractivity contribution in [3.05, 3.63) is 18.9 Å². The first-order chi connectivity index (χ1) is 5.79. The maximum atomic E-state index is 8.83. The van der Waals surface area contributed by atoms with Crippen LogP contribution < -0.4 is 0 Å². The van der Waals surface area contributed by atoms with E-state index in [1.165, 1.54) is 18.9 Å². The van der Waals surface area contributed by atoms with Crippen molar-refractivity contribution in [2.45, 2.75) is 0 Å². The van der Waals surface area contributed by atoms with E-state index in [0.29, 0.717) is 11.2 Å². The van der Waals surface area contributed by atoms with E-state index in [9.17, 15) is 0 Å². The summed E-state index contributed by atoms with van der Waals surface area (Å²) < 4.78 is 1.14. The topological polar surface area (TPSA) is 84.1 Å². The van der Waals surface area contributed by atoms with Crippen LogP contribution in [0.25, 0.3) is 11.2 Å². The van der Waals surface area contributed by atoms with Crippen molar-refractivity contribution in [2.75, 3.05) is 0 Å². The van der Waals surface area contributed by atoms with Crippen molar-refractivity contribution in [3.63, 3.8) is 0 Å². The van der Waals surface area contributed by atoms with Crippen LogP contribution in [0.2, 0.25) is 0 Å². The predicted octanol–water partition coefficient (Wildman–Crippen LogP) is -1.36. The summed E-state index contributed by atoms with van der Waals surface area (Å²) in [7, 11) is -1.61. The molecule has 2 rings (SSSR count). The number of hydrogen-bond acceptors (Lipinski definition) is 5. The minimum absolute atomic E-state index is 0.403. The molecule has 0 aliphatic rings. The zero-order valence-electron chi connectivity index (χ0n) is 5.99. The smallest absolute Gasteiger partial charge is 0.407 e. The molecule has 0 atom stereocenters. The first-order valence-corrected chi connectivity index (χ1v) is 3.28. The zero-order valence-corrected chi connectivity index (χ0v) is 5.99. The van der Waals surface area contributed by atoms with Crippen LogP contribution in [0.5, 0.6) is 0 Å². The molecule has 0 saturated heterocycles. The van der Waals surface area contributed by atoms with Gasteiger partial charge in [-0.1, -0.05) is 0 Å². The second kappa shape index (κ2) is 2.54. The highest BCUT2D eigenvalue weighted by atomic mass is 16.4. The van der Waals surface area contributed by atoms with Gasteiger partial charge in [0.25, 0.3) is 0 Å². The van der Waals surface area contributed by atoms with Gasteiger partial charge in [-0.05, 0) is 0 Å². The molecule has 12 heavy (non-hydrogen) atoms. The molecule has 2 heterocycles. The third kappa shape index (κ3) is 0.954. The van der Waals surface area contributed by atoms with E-state index < -0.39 is 7.25 Å². The molecular weight excluding hydrogens is 159 g/mol. The Morgan fingerprint density at radius 1 is 1.33 bits per heavy atom. The Morgan fingerprint density at radius 3 is 2.92 bits per heavy atom. The molecule has 0 unspecified atom stereocenters. The highest BCUT2D eigenvalue weighted by Crippen LogP contribution is 2.05. The maximum absolute atomic E-state index is 8.83. The standard InChI is InChI=1S/C5H5BN4O2/c11-6(12)10-3-9-4-1-7-2-8-5(4)10/h1-3,11-12H. The van der Waals surface area contributed by atoms with Gasteiger partial charge in [-0.3, -0.25) is 0 Å². The molecule has 0 amide bonds. The fraction of sp³-hybridized carbons (Fsp3) is 0. The van der Waals surface area contributed by atoms with Gasteiger partial charge in [0.05, 0.1) is 12.5 Å². The van der Waals surface area contributed by atoms with Crippen molar-refractivity contribution >= 4 is 18.4 Å². The average Bonchev–Trinajstić information content (AvgIpc) is 2.47. The van der Waals surface area contributed by atoms with E-state index in [2.05, 4.69) is 15.0 Å². The molecule has 60 valence electrons. The molecule has 2 aromatic rings. The number of imidazole rings is 1. The van der Waals surface area contributed by atoms with E-state index in [-0.39, 0.29) is 0 Å². The predicted molar refractivity (Wildman–Crippen MR) is 40.9 cm³/mol. The molecule has 0 spiro atoms. The van der Waals surface area contributed by atoms with Gasteiger partial charge < -0.3 is 14.5 Å². The Labute approximate surface area is 67.7 Å². The first kappa shape index (κ1) is 7.20. The van der Waals surface area contributed by atoms with Gasteiger partial charge in [0, 0.05) is 0 Å². The Hall–Kier alpha value is -1.47. The van der Waals surface area contributed by atoms with Crippen LogP contribution in [0.4, 0.5) is 0 Å². The molecule has 0 bridgehead atoms.